The van der Waals surface area contributed by atoms with Crippen molar-refractivity contribution in [1.82, 2.24) is 25.2 Å². The number of likely N-dealkylation sites (tertiary alicyclic amines) is 1. The van der Waals surface area contributed by atoms with E-state index in [1.807, 2.05) is 6.07 Å². The van der Waals surface area contributed by atoms with E-state index in [-0.39, 0.29) is 11.9 Å². The number of aromatic nitrogens is 4. The van der Waals surface area contributed by atoms with Gasteiger partial charge in [0.25, 0.3) is 5.91 Å². The number of hydrogen-bond donors (Lipinski definition) is 0. The molecule has 8 heteroatoms. The quantitative estimate of drug-likeness (QED) is 0.729. The number of amides is 1. The van der Waals surface area contributed by atoms with Crippen molar-refractivity contribution in [2.45, 2.75) is 25.8 Å². The predicted molar refractivity (Wildman–Crippen MR) is 81.8 cm³/mol. The lowest BCUT2D eigenvalue weighted by molar-refractivity contribution is 0.0705. The van der Waals surface area contributed by atoms with Gasteiger partial charge in [-0.05, 0) is 31.9 Å². The molecule has 24 heavy (non-hydrogen) atoms. The van der Waals surface area contributed by atoms with Crippen molar-refractivity contribution in [3.8, 4) is 11.5 Å². The van der Waals surface area contributed by atoms with E-state index in [4.69, 9.17) is 8.94 Å². The summed E-state index contributed by atoms with van der Waals surface area (Å²) in [5, 5.41) is 12.0. The van der Waals surface area contributed by atoms with Crippen molar-refractivity contribution in [2.24, 2.45) is 0 Å². The van der Waals surface area contributed by atoms with Crippen LogP contribution >= 0.6 is 0 Å². The topological polar surface area (TPSA) is 98.2 Å². The molecule has 1 aliphatic rings. The van der Waals surface area contributed by atoms with Crippen LogP contribution < -0.4 is 0 Å². The summed E-state index contributed by atoms with van der Waals surface area (Å²) in [6.07, 6.45) is 4.99. The molecule has 0 aromatic carbocycles. The molecular formula is C16H15N5O3. The maximum Gasteiger partial charge on any atom is 0.276 e. The largest absolute Gasteiger partial charge is 0.418 e. The Hall–Kier alpha value is -3.03. The smallest absolute Gasteiger partial charge is 0.276 e. The van der Waals surface area contributed by atoms with Crippen LogP contribution in [0.1, 0.15) is 41.0 Å². The minimum absolute atomic E-state index is 0.185. The summed E-state index contributed by atoms with van der Waals surface area (Å²) in [5.41, 5.74) is 1.05. The van der Waals surface area contributed by atoms with Gasteiger partial charge in [-0.1, -0.05) is 5.16 Å². The number of carbonyl (C=O) groups excluding carboxylic acids is 1. The number of hydrogen-bond acceptors (Lipinski definition) is 7. The van der Waals surface area contributed by atoms with E-state index in [0.717, 1.165) is 18.4 Å². The van der Waals surface area contributed by atoms with Crippen LogP contribution in [0.3, 0.4) is 0 Å². The van der Waals surface area contributed by atoms with E-state index in [0.29, 0.717) is 29.8 Å². The second kappa shape index (κ2) is 5.88. The Kier molecular flexibility index (Phi) is 3.56. The highest BCUT2D eigenvalue weighted by Gasteiger charge is 2.35. The van der Waals surface area contributed by atoms with E-state index >= 15 is 0 Å². The molecule has 0 saturated carbocycles. The van der Waals surface area contributed by atoms with Gasteiger partial charge in [0.15, 0.2) is 5.69 Å². The van der Waals surface area contributed by atoms with Gasteiger partial charge in [0, 0.05) is 25.0 Å². The zero-order chi connectivity index (χ0) is 16.5. The van der Waals surface area contributed by atoms with E-state index < -0.39 is 0 Å². The van der Waals surface area contributed by atoms with Crippen LogP contribution in [-0.2, 0) is 0 Å². The molecule has 3 aromatic heterocycles. The second-order valence-corrected chi connectivity index (χ2v) is 5.67. The van der Waals surface area contributed by atoms with Gasteiger partial charge in [0.2, 0.25) is 11.8 Å². The fraction of sp³-hybridized carbons (Fsp3) is 0.312. The number of carbonyl (C=O) groups is 1. The van der Waals surface area contributed by atoms with Crippen molar-refractivity contribution in [1.29, 1.82) is 0 Å². The third-order valence-electron chi connectivity index (χ3n) is 3.99. The fourth-order valence-corrected chi connectivity index (χ4v) is 2.86. The highest BCUT2D eigenvalue weighted by Crippen LogP contribution is 2.33. The first-order chi connectivity index (χ1) is 11.7. The summed E-state index contributed by atoms with van der Waals surface area (Å²) in [6.45, 7) is 2.38. The van der Waals surface area contributed by atoms with Gasteiger partial charge in [0.1, 0.15) is 11.8 Å². The van der Waals surface area contributed by atoms with Crippen LogP contribution in [0, 0.1) is 6.92 Å². The Morgan fingerprint density at radius 1 is 1.38 bits per heavy atom. The van der Waals surface area contributed by atoms with Crippen molar-refractivity contribution < 1.29 is 13.7 Å². The van der Waals surface area contributed by atoms with Crippen LogP contribution in [-0.4, -0.2) is 37.7 Å². The zero-order valence-electron chi connectivity index (χ0n) is 13.0. The average molecular weight is 325 g/mol. The second-order valence-electron chi connectivity index (χ2n) is 5.67. The van der Waals surface area contributed by atoms with Gasteiger partial charge in [-0.15, -0.1) is 10.2 Å². The van der Waals surface area contributed by atoms with Crippen molar-refractivity contribution in [3.05, 3.63) is 47.9 Å². The van der Waals surface area contributed by atoms with Crippen molar-refractivity contribution >= 4 is 5.91 Å². The SMILES string of the molecule is Cc1cc(C(=O)N2CCCC2c2nnc(-c3cccnc3)o2)no1. The predicted octanol–water partition coefficient (Wildman–Crippen LogP) is 2.41. The molecule has 0 N–H and O–H groups in total. The van der Waals surface area contributed by atoms with Crippen molar-refractivity contribution in [2.75, 3.05) is 6.54 Å². The molecule has 4 heterocycles. The first kappa shape index (κ1) is 14.6. The van der Waals surface area contributed by atoms with Gasteiger partial charge in [-0.2, -0.15) is 0 Å². The monoisotopic (exact) mass is 325 g/mol. The molecule has 0 spiro atoms. The van der Waals surface area contributed by atoms with E-state index in [9.17, 15) is 4.79 Å². The maximum atomic E-state index is 12.6. The third kappa shape index (κ3) is 2.55. The molecule has 1 unspecified atom stereocenters. The highest BCUT2D eigenvalue weighted by molar-refractivity contribution is 5.92. The maximum absolute atomic E-state index is 12.6. The number of nitrogens with zero attached hydrogens (tertiary/aromatic N) is 5. The zero-order valence-corrected chi connectivity index (χ0v) is 13.0. The summed E-state index contributed by atoms with van der Waals surface area (Å²) < 4.78 is 10.8. The normalized spacial score (nSPS) is 17.4. The van der Waals surface area contributed by atoms with E-state index in [2.05, 4.69) is 20.3 Å². The van der Waals surface area contributed by atoms with Gasteiger partial charge in [-0.3, -0.25) is 9.78 Å². The first-order valence-electron chi connectivity index (χ1n) is 7.70. The number of rotatable bonds is 3. The number of aryl methyl sites for hydroxylation is 1. The summed E-state index contributed by atoms with van der Waals surface area (Å²) in [4.78, 5) is 18.4. The Morgan fingerprint density at radius 2 is 2.29 bits per heavy atom. The summed E-state index contributed by atoms with van der Waals surface area (Å²) in [7, 11) is 0. The molecule has 1 saturated heterocycles. The Bertz CT molecular complexity index is 857. The Balaban J connectivity index is 1.59. The summed E-state index contributed by atoms with van der Waals surface area (Å²) in [5.74, 6) is 1.25. The van der Waals surface area contributed by atoms with Crippen molar-refractivity contribution in [3.63, 3.8) is 0 Å². The minimum Gasteiger partial charge on any atom is -0.418 e. The average Bonchev–Trinajstić information content (AvgIpc) is 3.34. The van der Waals surface area contributed by atoms with Gasteiger partial charge in [-0.25, -0.2) is 0 Å². The molecular weight excluding hydrogens is 310 g/mol. The van der Waals surface area contributed by atoms with Crippen LogP contribution in [0.4, 0.5) is 0 Å². The lowest BCUT2D eigenvalue weighted by atomic mass is 10.2. The minimum atomic E-state index is -0.243. The lowest BCUT2D eigenvalue weighted by Gasteiger charge is -2.20. The van der Waals surface area contributed by atoms with Crippen LogP contribution in [0.25, 0.3) is 11.5 Å². The molecule has 1 fully saturated rings. The molecule has 4 rings (SSSR count). The molecule has 8 nitrogen and oxygen atoms in total. The standard InChI is InChI=1S/C16H15N5O3/c1-10-8-12(20-24-10)16(22)21-7-3-5-13(21)15-19-18-14(23-15)11-4-2-6-17-9-11/h2,4,6,8-9,13H,3,5,7H2,1H3. The highest BCUT2D eigenvalue weighted by atomic mass is 16.5. The van der Waals surface area contributed by atoms with E-state index in [1.165, 1.54) is 0 Å². The van der Waals surface area contributed by atoms with Gasteiger partial charge >= 0.3 is 0 Å². The Labute approximate surface area is 137 Å². The fourth-order valence-electron chi connectivity index (χ4n) is 2.86. The van der Waals surface area contributed by atoms with Crippen LogP contribution in [0.5, 0.6) is 0 Å². The molecule has 1 atom stereocenters. The molecule has 122 valence electrons. The molecule has 3 aromatic rings. The third-order valence-corrected chi connectivity index (χ3v) is 3.99. The van der Waals surface area contributed by atoms with E-state index in [1.54, 1.807) is 36.4 Å². The molecule has 0 aliphatic carbocycles. The lowest BCUT2D eigenvalue weighted by Crippen LogP contribution is -2.31. The van der Waals surface area contributed by atoms with Gasteiger partial charge < -0.3 is 13.8 Å². The Morgan fingerprint density at radius 3 is 3.04 bits per heavy atom. The molecule has 1 aliphatic heterocycles. The summed E-state index contributed by atoms with van der Waals surface area (Å²) >= 11 is 0. The molecule has 0 radical (unpaired) electrons. The summed E-state index contributed by atoms with van der Waals surface area (Å²) in [6, 6.07) is 5.04. The van der Waals surface area contributed by atoms with Crippen LogP contribution in [0.2, 0.25) is 0 Å². The van der Waals surface area contributed by atoms with Crippen LogP contribution in [0.15, 0.2) is 39.5 Å². The molecule has 0 bridgehead atoms. The van der Waals surface area contributed by atoms with Gasteiger partial charge in [0.05, 0.1) is 5.56 Å². The number of pyridine rings is 1. The first-order valence-corrected chi connectivity index (χ1v) is 7.70. The molecule has 1 amide bonds.